The summed E-state index contributed by atoms with van der Waals surface area (Å²) in [5.74, 6) is -7.67. The third kappa shape index (κ3) is 15.2. The Kier molecular flexibility index (Phi) is 19.8. The van der Waals surface area contributed by atoms with Crippen molar-refractivity contribution in [3.63, 3.8) is 0 Å². The zero-order valence-corrected chi connectivity index (χ0v) is 31.6. The molecule has 8 unspecified atom stereocenters. The summed E-state index contributed by atoms with van der Waals surface area (Å²) in [7, 11) is 0. The van der Waals surface area contributed by atoms with Gasteiger partial charge in [-0.15, -0.1) is 0 Å². The van der Waals surface area contributed by atoms with Crippen LogP contribution in [0.2, 0.25) is 0 Å². The minimum absolute atomic E-state index is 0.142. The first kappa shape index (κ1) is 46.5. The Bertz CT molecular complexity index is 1350. The van der Waals surface area contributed by atoms with E-state index in [1.54, 1.807) is 20.1 Å². The fourth-order valence-electron chi connectivity index (χ4n) is 5.07. The molecule has 1 fully saturated rings. The quantitative estimate of drug-likeness (QED) is 0.0514. The van der Waals surface area contributed by atoms with Crippen molar-refractivity contribution in [2.45, 2.75) is 115 Å². The van der Waals surface area contributed by atoms with Gasteiger partial charge in [-0.2, -0.15) is 11.8 Å². The van der Waals surface area contributed by atoms with E-state index in [2.05, 4.69) is 31.9 Å². The van der Waals surface area contributed by atoms with Crippen LogP contribution >= 0.6 is 11.8 Å². The molecule has 0 spiro atoms. The summed E-state index contributed by atoms with van der Waals surface area (Å²) in [4.78, 5) is 114. The molecule has 0 radical (unpaired) electrons. The second-order valence-electron chi connectivity index (χ2n) is 13.1. The van der Waals surface area contributed by atoms with Gasteiger partial charge in [0, 0.05) is 13.0 Å². The van der Waals surface area contributed by atoms with E-state index in [0.717, 1.165) is 0 Å². The molecule has 0 bridgehead atoms. The molecule has 0 saturated carbocycles. The minimum atomic E-state index is -1.48. The summed E-state index contributed by atoms with van der Waals surface area (Å²) in [5.41, 5.74) is 5.78. The fraction of sp³-hybridized carbons (Fsp3) is 0.719. The zero-order chi connectivity index (χ0) is 40.6. The first-order valence-electron chi connectivity index (χ1n) is 17.2. The van der Waals surface area contributed by atoms with Crippen molar-refractivity contribution >= 4 is 65.1 Å². The lowest BCUT2D eigenvalue weighted by Gasteiger charge is -2.29. The number of hydrogen-bond donors (Lipinski definition) is 10. The highest BCUT2D eigenvalue weighted by atomic mass is 32.2. The zero-order valence-electron chi connectivity index (χ0n) is 30.8. The van der Waals surface area contributed by atoms with Crippen LogP contribution in [0, 0.1) is 5.92 Å². The highest BCUT2D eigenvalue weighted by Gasteiger charge is 2.38. The number of aliphatic hydroxyl groups is 1. The smallest absolute Gasteiger partial charge is 0.326 e. The monoisotopic (exact) mass is 774 g/mol. The maximum atomic E-state index is 13.4. The molecule has 1 aliphatic rings. The first-order chi connectivity index (χ1) is 24.7. The standard InChI is InChI=1S/C32H54N8O12S/c1-15(2)24(33)30(49)39-21(14-41)28(47)35-16(3)25(44)34-17(4)26(45)37-19(11-13-53-6)27(46)36-18(5)31(50)40-12-7-8-22(40)29(48)38-20(32(51)52)9-10-23(42)43/h15-22,24,41H,7-14,33H2,1-6H3,(H,34,44)(H,35,47)(H,36,46)(H,37,45)(H,38,48)(H,39,49)(H,42,43)(H,51,52). The Morgan fingerprint density at radius 1 is 0.717 bits per heavy atom. The van der Waals surface area contributed by atoms with Crippen molar-refractivity contribution in [2.24, 2.45) is 11.7 Å². The molecule has 1 saturated heterocycles. The van der Waals surface area contributed by atoms with Gasteiger partial charge in [0.1, 0.15) is 42.3 Å². The van der Waals surface area contributed by atoms with Crippen LogP contribution in [0.3, 0.4) is 0 Å². The molecule has 0 aliphatic carbocycles. The number of nitrogens with one attached hydrogen (secondary N) is 6. The molecular weight excluding hydrogens is 720 g/mol. The highest BCUT2D eigenvalue weighted by Crippen LogP contribution is 2.19. The van der Waals surface area contributed by atoms with Crippen molar-refractivity contribution in [1.82, 2.24) is 36.8 Å². The van der Waals surface area contributed by atoms with E-state index in [0.29, 0.717) is 12.2 Å². The number of hydrogen-bond acceptors (Lipinski definition) is 12. The molecule has 0 aromatic carbocycles. The number of nitrogens with zero attached hydrogens (tertiary/aromatic N) is 1. The summed E-state index contributed by atoms with van der Waals surface area (Å²) in [6.45, 7) is 6.83. The van der Waals surface area contributed by atoms with Crippen LogP contribution in [-0.2, 0) is 43.2 Å². The van der Waals surface area contributed by atoms with E-state index in [1.807, 2.05) is 0 Å². The van der Waals surface area contributed by atoms with Gasteiger partial charge in [0.25, 0.3) is 0 Å². The first-order valence-corrected chi connectivity index (χ1v) is 18.6. The van der Waals surface area contributed by atoms with Crippen molar-refractivity contribution in [3.05, 3.63) is 0 Å². The Morgan fingerprint density at radius 3 is 1.77 bits per heavy atom. The van der Waals surface area contributed by atoms with Gasteiger partial charge in [-0.1, -0.05) is 13.8 Å². The number of carboxylic acids is 2. The molecule has 1 aliphatic heterocycles. The van der Waals surface area contributed by atoms with Gasteiger partial charge >= 0.3 is 11.9 Å². The largest absolute Gasteiger partial charge is 0.481 e. The number of carbonyl (C=O) groups excluding carboxylic acids is 7. The third-order valence-electron chi connectivity index (χ3n) is 8.41. The summed E-state index contributed by atoms with van der Waals surface area (Å²) >= 11 is 1.39. The number of thioether (sulfide) groups is 1. The molecule has 7 amide bonds. The molecule has 300 valence electrons. The van der Waals surface area contributed by atoms with E-state index >= 15 is 0 Å². The second-order valence-corrected chi connectivity index (χ2v) is 14.1. The summed E-state index contributed by atoms with van der Waals surface area (Å²) < 4.78 is 0. The summed E-state index contributed by atoms with van der Waals surface area (Å²) in [5, 5.41) is 42.4. The number of aliphatic hydroxyl groups excluding tert-OH is 1. The second kappa shape index (κ2) is 22.5. The molecule has 21 heteroatoms. The predicted molar refractivity (Wildman–Crippen MR) is 191 cm³/mol. The summed E-state index contributed by atoms with van der Waals surface area (Å²) in [6, 6.07) is -9.56. The number of rotatable bonds is 22. The van der Waals surface area contributed by atoms with Gasteiger partial charge < -0.3 is 57.9 Å². The van der Waals surface area contributed by atoms with E-state index in [-0.39, 0.29) is 31.7 Å². The number of likely N-dealkylation sites (tertiary alicyclic amines) is 1. The predicted octanol–water partition coefficient (Wildman–Crippen LogP) is -3.38. The molecule has 0 aromatic heterocycles. The van der Waals surface area contributed by atoms with Crippen LogP contribution in [0.5, 0.6) is 0 Å². The minimum Gasteiger partial charge on any atom is -0.481 e. The van der Waals surface area contributed by atoms with Crippen LogP contribution in [0.25, 0.3) is 0 Å². The SMILES string of the molecule is CSCCC(NC(=O)C(C)NC(=O)C(C)NC(=O)C(CO)NC(=O)C(N)C(C)C)C(=O)NC(C)C(=O)N1CCCC1C(=O)NC(CCC(=O)O)C(=O)O. The van der Waals surface area contributed by atoms with Crippen molar-refractivity contribution in [2.75, 3.05) is 25.2 Å². The molecule has 0 aromatic rings. The number of carboxylic acid groups (broad SMARTS) is 2. The van der Waals surface area contributed by atoms with Gasteiger partial charge in [-0.25, -0.2) is 4.79 Å². The van der Waals surface area contributed by atoms with Crippen molar-refractivity contribution in [1.29, 1.82) is 0 Å². The van der Waals surface area contributed by atoms with Crippen LogP contribution < -0.4 is 37.6 Å². The van der Waals surface area contributed by atoms with Crippen LogP contribution in [0.15, 0.2) is 0 Å². The maximum Gasteiger partial charge on any atom is 0.326 e. The Morgan fingerprint density at radius 2 is 1.25 bits per heavy atom. The van der Waals surface area contributed by atoms with Gasteiger partial charge in [0.05, 0.1) is 12.6 Å². The molecule has 1 heterocycles. The molecular formula is C32H54N8O12S. The van der Waals surface area contributed by atoms with Gasteiger partial charge in [0.2, 0.25) is 41.4 Å². The lowest BCUT2D eigenvalue weighted by atomic mass is 10.0. The fourth-order valence-corrected chi connectivity index (χ4v) is 5.54. The van der Waals surface area contributed by atoms with Crippen molar-refractivity contribution in [3.8, 4) is 0 Å². The van der Waals surface area contributed by atoms with Gasteiger partial charge in [-0.3, -0.25) is 38.4 Å². The Labute approximate surface area is 311 Å². The van der Waals surface area contributed by atoms with E-state index in [1.165, 1.54) is 37.4 Å². The molecule has 8 atom stereocenters. The molecule has 53 heavy (non-hydrogen) atoms. The summed E-state index contributed by atoms with van der Waals surface area (Å²) in [6.07, 6.45) is 1.71. The topological polar surface area (TPSA) is 316 Å². The van der Waals surface area contributed by atoms with Crippen molar-refractivity contribution < 1.29 is 58.5 Å². The van der Waals surface area contributed by atoms with Crippen LogP contribution in [0.1, 0.15) is 66.7 Å². The third-order valence-corrected chi connectivity index (χ3v) is 9.06. The molecule has 11 N–H and O–H groups in total. The number of nitrogens with two attached hydrogens (primary N) is 1. The maximum absolute atomic E-state index is 13.4. The number of aliphatic carboxylic acids is 2. The van der Waals surface area contributed by atoms with E-state index in [4.69, 9.17) is 10.8 Å². The van der Waals surface area contributed by atoms with Gasteiger partial charge in [-0.05, 0) is 64.4 Å². The lowest BCUT2D eigenvalue weighted by Crippen LogP contribution is -2.59. The molecule has 1 rings (SSSR count). The van der Waals surface area contributed by atoms with Crippen LogP contribution in [0.4, 0.5) is 0 Å². The van der Waals surface area contributed by atoms with Gasteiger partial charge in [0.15, 0.2) is 0 Å². The van der Waals surface area contributed by atoms with E-state index < -0.39 is 115 Å². The molecule has 20 nitrogen and oxygen atoms in total. The van der Waals surface area contributed by atoms with E-state index in [9.17, 15) is 53.4 Å². The van der Waals surface area contributed by atoms with Crippen LogP contribution in [-0.4, -0.2) is 147 Å². The highest BCUT2D eigenvalue weighted by molar-refractivity contribution is 7.98. The number of amides is 7. The average Bonchev–Trinajstić information content (AvgIpc) is 3.59. The number of carbonyl (C=O) groups is 9. The Hall–Kier alpha value is -4.50. The average molecular weight is 775 g/mol. The lowest BCUT2D eigenvalue weighted by molar-refractivity contribution is -0.145. The normalized spacial score (nSPS) is 17.9. The Balaban J connectivity index is 2.85.